The van der Waals surface area contributed by atoms with E-state index in [-0.39, 0.29) is 34.0 Å². The van der Waals surface area contributed by atoms with Crippen LogP contribution in [0, 0.1) is 12.8 Å². The lowest BCUT2D eigenvalue weighted by Gasteiger charge is -2.34. The topological polar surface area (TPSA) is 87.1 Å². The molecule has 1 saturated heterocycles. The zero-order valence-corrected chi connectivity index (χ0v) is 20.0. The van der Waals surface area contributed by atoms with Gasteiger partial charge in [-0.05, 0) is 37.1 Å². The highest BCUT2D eigenvalue weighted by molar-refractivity contribution is 7.90. The largest absolute Gasteiger partial charge is 0.340 e. The quantitative estimate of drug-likeness (QED) is 0.357. The van der Waals surface area contributed by atoms with Gasteiger partial charge in [0, 0.05) is 13.1 Å². The average Bonchev–Trinajstić information content (AvgIpc) is 3.19. The van der Waals surface area contributed by atoms with E-state index >= 15 is 0 Å². The molecule has 0 N–H and O–H groups in total. The van der Waals surface area contributed by atoms with Crippen molar-refractivity contribution >= 4 is 37.5 Å². The number of aryl methyl sites for hydroxylation is 1. The minimum absolute atomic E-state index is 0.0646. The number of hydrogen-bond donors (Lipinski definition) is 0. The SMILES string of the molecule is Cc1ccc(S(=O)(=O)/N=C(\CCl)N2CCN(S(=O)(=O)c3ccccc3)C2C(C)C)cc1. The molecule has 1 heterocycles. The zero-order valence-electron chi connectivity index (χ0n) is 17.6. The highest BCUT2D eigenvalue weighted by Crippen LogP contribution is 2.29. The lowest BCUT2D eigenvalue weighted by molar-refractivity contribution is 0.211. The summed E-state index contributed by atoms with van der Waals surface area (Å²) >= 11 is 6.11. The Morgan fingerprint density at radius 1 is 1.00 bits per heavy atom. The van der Waals surface area contributed by atoms with Crippen molar-refractivity contribution in [1.82, 2.24) is 9.21 Å². The fraction of sp³-hybridized carbons (Fsp3) is 0.381. The summed E-state index contributed by atoms with van der Waals surface area (Å²) in [5.74, 6) is -0.156. The Kier molecular flexibility index (Phi) is 7.10. The summed E-state index contributed by atoms with van der Waals surface area (Å²) in [7, 11) is -7.75. The van der Waals surface area contributed by atoms with Crippen molar-refractivity contribution in [1.29, 1.82) is 0 Å². The second-order valence-electron chi connectivity index (χ2n) is 7.71. The Labute approximate surface area is 189 Å². The first-order chi connectivity index (χ1) is 14.6. The van der Waals surface area contributed by atoms with E-state index < -0.39 is 26.2 Å². The molecule has 1 aliphatic heterocycles. The summed E-state index contributed by atoms with van der Waals surface area (Å²) in [5, 5.41) is 0. The Morgan fingerprint density at radius 3 is 2.16 bits per heavy atom. The van der Waals surface area contributed by atoms with E-state index in [0.717, 1.165) is 5.56 Å². The fourth-order valence-electron chi connectivity index (χ4n) is 3.65. The molecule has 10 heteroatoms. The molecule has 0 aromatic heterocycles. The smallest absolute Gasteiger partial charge is 0.283 e. The first-order valence-electron chi connectivity index (χ1n) is 9.88. The van der Waals surface area contributed by atoms with Crippen molar-refractivity contribution in [2.75, 3.05) is 19.0 Å². The third kappa shape index (κ3) is 4.95. The molecular formula is C21H26ClN3O4S2. The minimum Gasteiger partial charge on any atom is -0.340 e. The normalized spacial score (nSPS) is 18.7. The van der Waals surface area contributed by atoms with Gasteiger partial charge in [-0.15, -0.1) is 16.0 Å². The van der Waals surface area contributed by atoms with Gasteiger partial charge in [-0.3, -0.25) is 0 Å². The second kappa shape index (κ2) is 9.28. The number of sulfonamides is 2. The Balaban J connectivity index is 1.99. The van der Waals surface area contributed by atoms with Gasteiger partial charge in [0.05, 0.1) is 21.8 Å². The van der Waals surface area contributed by atoms with Gasteiger partial charge >= 0.3 is 0 Å². The van der Waals surface area contributed by atoms with Gasteiger partial charge in [0.2, 0.25) is 10.0 Å². The zero-order chi connectivity index (χ0) is 22.8. The molecule has 168 valence electrons. The predicted molar refractivity (Wildman–Crippen MR) is 122 cm³/mol. The fourth-order valence-corrected chi connectivity index (χ4v) is 6.70. The number of hydrogen-bond acceptors (Lipinski definition) is 4. The standard InChI is InChI=1S/C21H26ClN3O4S2/c1-16(2)21-24(13-14-25(21)31(28,29)19-7-5-4-6-8-19)20(15-22)23-30(26,27)18-11-9-17(3)10-12-18/h4-12,16,21H,13-15H2,1-3H3/b23-20+. The molecule has 3 rings (SSSR count). The number of benzene rings is 2. The first kappa shape index (κ1) is 23.7. The van der Waals surface area contributed by atoms with E-state index in [1.807, 2.05) is 20.8 Å². The third-order valence-corrected chi connectivity index (χ3v) is 8.56. The summed E-state index contributed by atoms with van der Waals surface area (Å²) in [6, 6.07) is 14.6. The van der Waals surface area contributed by atoms with E-state index in [9.17, 15) is 16.8 Å². The highest BCUT2D eigenvalue weighted by Gasteiger charge is 2.43. The molecule has 1 unspecified atom stereocenters. The maximum atomic E-state index is 13.3. The highest BCUT2D eigenvalue weighted by atomic mass is 35.5. The van der Waals surface area contributed by atoms with Gasteiger partial charge < -0.3 is 4.90 Å². The van der Waals surface area contributed by atoms with Crippen molar-refractivity contribution < 1.29 is 16.8 Å². The van der Waals surface area contributed by atoms with Crippen LogP contribution in [0.5, 0.6) is 0 Å². The maximum Gasteiger partial charge on any atom is 0.283 e. The summed E-state index contributed by atoms with van der Waals surface area (Å²) in [4.78, 5) is 1.94. The summed E-state index contributed by atoms with van der Waals surface area (Å²) in [6.07, 6.45) is -0.601. The molecule has 0 radical (unpaired) electrons. The first-order valence-corrected chi connectivity index (χ1v) is 13.3. The van der Waals surface area contributed by atoms with Crippen LogP contribution in [0.25, 0.3) is 0 Å². The van der Waals surface area contributed by atoms with Gasteiger partial charge in [-0.1, -0.05) is 49.7 Å². The second-order valence-corrected chi connectivity index (χ2v) is 11.5. The van der Waals surface area contributed by atoms with Crippen LogP contribution < -0.4 is 0 Å². The molecule has 0 spiro atoms. The number of rotatable bonds is 6. The molecule has 0 amide bonds. The molecule has 2 aromatic carbocycles. The van der Waals surface area contributed by atoms with Crippen LogP contribution in [0.1, 0.15) is 19.4 Å². The van der Waals surface area contributed by atoms with Gasteiger partial charge in [-0.25, -0.2) is 8.42 Å². The van der Waals surface area contributed by atoms with Crippen LogP contribution in [0.3, 0.4) is 0 Å². The molecular weight excluding hydrogens is 458 g/mol. The van der Waals surface area contributed by atoms with E-state index in [4.69, 9.17) is 11.6 Å². The number of amidine groups is 1. The van der Waals surface area contributed by atoms with Crippen molar-refractivity contribution in [2.45, 2.75) is 36.7 Å². The maximum absolute atomic E-state index is 13.3. The summed E-state index contributed by atoms with van der Waals surface area (Å²) in [6.45, 7) is 6.14. The van der Waals surface area contributed by atoms with E-state index in [0.29, 0.717) is 6.54 Å². The van der Waals surface area contributed by atoms with E-state index in [2.05, 4.69) is 4.40 Å². The predicted octanol–water partition coefficient (Wildman–Crippen LogP) is 3.31. The van der Waals surface area contributed by atoms with Crippen LogP contribution in [0.2, 0.25) is 0 Å². The molecule has 1 atom stereocenters. The molecule has 2 aromatic rings. The Hall–Kier alpha value is -1.94. The lowest BCUT2D eigenvalue weighted by Crippen LogP contribution is -2.48. The van der Waals surface area contributed by atoms with Crippen molar-refractivity contribution in [3.8, 4) is 0 Å². The van der Waals surface area contributed by atoms with Gasteiger partial charge in [0.15, 0.2) is 0 Å². The average molecular weight is 484 g/mol. The minimum atomic E-state index is -3.99. The molecule has 1 fully saturated rings. The molecule has 31 heavy (non-hydrogen) atoms. The molecule has 1 aliphatic rings. The summed E-state index contributed by atoms with van der Waals surface area (Å²) in [5.41, 5.74) is 0.932. The molecule has 0 saturated carbocycles. The number of halogens is 1. The number of nitrogens with zero attached hydrogens (tertiary/aromatic N) is 3. The molecule has 0 aliphatic carbocycles. The Bertz CT molecular complexity index is 1150. The van der Waals surface area contributed by atoms with Crippen molar-refractivity contribution in [2.24, 2.45) is 10.3 Å². The van der Waals surface area contributed by atoms with Gasteiger partial charge in [-0.2, -0.15) is 12.7 Å². The molecule has 7 nitrogen and oxygen atoms in total. The van der Waals surface area contributed by atoms with Gasteiger partial charge in [0.25, 0.3) is 10.0 Å². The van der Waals surface area contributed by atoms with Crippen LogP contribution in [0.4, 0.5) is 0 Å². The van der Waals surface area contributed by atoms with Crippen LogP contribution in [-0.4, -0.2) is 57.0 Å². The van der Waals surface area contributed by atoms with E-state index in [1.165, 1.54) is 16.4 Å². The van der Waals surface area contributed by atoms with Crippen LogP contribution >= 0.6 is 11.6 Å². The monoisotopic (exact) mass is 483 g/mol. The summed E-state index contributed by atoms with van der Waals surface area (Å²) < 4.78 is 57.6. The van der Waals surface area contributed by atoms with Gasteiger partial charge in [0.1, 0.15) is 5.84 Å². The number of alkyl halides is 1. The molecule has 0 bridgehead atoms. The van der Waals surface area contributed by atoms with Crippen LogP contribution in [-0.2, 0) is 20.0 Å². The van der Waals surface area contributed by atoms with Crippen molar-refractivity contribution in [3.05, 3.63) is 60.2 Å². The Morgan fingerprint density at radius 2 is 1.61 bits per heavy atom. The van der Waals surface area contributed by atoms with E-state index in [1.54, 1.807) is 47.4 Å². The third-order valence-electron chi connectivity index (χ3n) is 5.12. The van der Waals surface area contributed by atoms with Crippen molar-refractivity contribution in [3.63, 3.8) is 0 Å². The lowest BCUT2D eigenvalue weighted by atomic mass is 10.1. The van der Waals surface area contributed by atoms with Crippen LogP contribution in [0.15, 0.2) is 68.8 Å².